The molecule has 10 nitrogen and oxygen atoms in total. The van der Waals surface area contributed by atoms with Gasteiger partial charge in [0.15, 0.2) is 0 Å². The maximum absolute atomic E-state index is 12.7. The molecule has 0 atom stereocenters. The van der Waals surface area contributed by atoms with Gasteiger partial charge in [-0.05, 0) is 52.4 Å². The molecule has 0 radical (unpaired) electrons. The lowest BCUT2D eigenvalue weighted by molar-refractivity contribution is -0.378. The van der Waals surface area contributed by atoms with E-state index < -0.39 is 11.9 Å². The smallest absolute Gasteiger partial charge is 0.354 e. The molecule has 0 unspecified atom stereocenters. The van der Waals surface area contributed by atoms with Gasteiger partial charge < -0.3 is 37.9 Å². The molecule has 0 saturated carbocycles. The zero-order chi connectivity index (χ0) is 32.1. The maximum Gasteiger partial charge on any atom is 0.354 e. The summed E-state index contributed by atoms with van der Waals surface area (Å²) in [5.74, 6) is -3.74. The van der Waals surface area contributed by atoms with Gasteiger partial charge in [-0.3, -0.25) is 9.59 Å². The molecule has 0 N–H and O–H groups in total. The number of hydrogen-bond acceptors (Lipinski definition) is 10. The number of hydrogen-bond donors (Lipinski definition) is 0. The molecule has 0 heterocycles. The highest BCUT2D eigenvalue weighted by Gasteiger charge is 2.38. The predicted molar refractivity (Wildman–Crippen MR) is 166 cm³/mol. The third kappa shape index (κ3) is 21.9. The Morgan fingerprint density at radius 3 is 1.02 bits per heavy atom. The SMILES string of the molecule is CCCCOC(COCC)(OCCCC)OC(=O)CCCCCCCC(=O)OC(COCC)(OCCCC)OCCCC. The van der Waals surface area contributed by atoms with Gasteiger partial charge in [0, 0.05) is 26.1 Å². The normalized spacial score (nSPS) is 12.0. The molecule has 0 spiro atoms. The van der Waals surface area contributed by atoms with Gasteiger partial charge in [-0.15, -0.1) is 0 Å². The second-order valence-corrected chi connectivity index (χ2v) is 10.7. The average molecular weight is 621 g/mol. The summed E-state index contributed by atoms with van der Waals surface area (Å²) in [5.41, 5.74) is 0. The standard InChI is InChI=1S/C33H64O10/c1-7-13-24-38-32(28-36-11-5,39-25-14-8-2)42-30(34)22-20-18-17-19-21-23-31(35)43-33(29-37-12-6,40-26-15-9-3)41-27-16-10-4/h7-29H2,1-6H3. The van der Waals surface area contributed by atoms with Crippen LogP contribution in [0.2, 0.25) is 0 Å². The van der Waals surface area contributed by atoms with E-state index in [-0.39, 0.29) is 38.0 Å². The van der Waals surface area contributed by atoms with Crippen molar-refractivity contribution in [2.24, 2.45) is 0 Å². The van der Waals surface area contributed by atoms with Crippen LogP contribution in [-0.4, -0.2) is 76.7 Å². The predicted octanol–water partition coefficient (Wildman–Crippen LogP) is 7.45. The van der Waals surface area contributed by atoms with Crippen LogP contribution in [0.15, 0.2) is 0 Å². The summed E-state index contributed by atoms with van der Waals surface area (Å²) in [7, 11) is 0. The minimum atomic E-state index is -1.50. The van der Waals surface area contributed by atoms with Gasteiger partial charge in [-0.2, -0.15) is 0 Å². The molecule has 0 saturated heterocycles. The Morgan fingerprint density at radius 2 is 0.744 bits per heavy atom. The molecule has 256 valence electrons. The van der Waals surface area contributed by atoms with Crippen molar-refractivity contribution in [3.8, 4) is 0 Å². The van der Waals surface area contributed by atoms with Crippen LogP contribution in [0.5, 0.6) is 0 Å². The molecule has 0 aromatic carbocycles. The Kier molecular flexibility index (Phi) is 27.3. The maximum atomic E-state index is 12.7. The van der Waals surface area contributed by atoms with Crippen LogP contribution < -0.4 is 0 Å². The van der Waals surface area contributed by atoms with Crippen molar-refractivity contribution in [2.75, 3.05) is 52.9 Å². The van der Waals surface area contributed by atoms with E-state index in [0.717, 1.165) is 70.6 Å². The molecule has 0 aliphatic rings. The van der Waals surface area contributed by atoms with E-state index in [1.165, 1.54) is 0 Å². The van der Waals surface area contributed by atoms with E-state index in [2.05, 4.69) is 27.7 Å². The highest BCUT2D eigenvalue weighted by Crippen LogP contribution is 2.22. The van der Waals surface area contributed by atoms with Crippen LogP contribution >= 0.6 is 0 Å². The van der Waals surface area contributed by atoms with E-state index in [0.29, 0.717) is 52.5 Å². The zero-order valence-corrected chi connectivity index (χ0v) is 28.3. The third-order valence-corrected chi connectivity index (χ3v) is 6.55. The number of carbonyl (C=O) groups excluding carboxylic acids is 2. The highest BCUT2D eigenvalue weighted by atomic mass is 16.9. The molecule has 0 aliphatic carbocycles. The molecule has 0 amide bonds. The lowest BCUT2D eigenvalue weighted by atomic mass is 10.1. The molecule has 0 aromatic heterocycles. The molecular formula is C33H64O10. The Labute approximate surface area is 262 Å². The van der Waals surface area contributed by atoms with E-state index in [4.69, 9.17) is 37.9 Å². The monoisotopic (exact) mass is 620 g/mol. The van der Waals surface area contributed by atoms with Gasteiger partial charge in [0.2, 0.25) is 0 Å². The fraction of sp³-hybridized carbons (Fsp3) is 0.939. The van der Waals surface area contributed by atoms with Crippen molar-refractivity contribution in [2.45, 2.75) is 150 Å². The summed E-state index contributed by atoms with van der Waals surface area (Å²) in [6, 6.07) is 0. The van der Waals surface area contributed by atoms with Gasteiger partial charge in [-0.1, -0.05) is 72.6 Å². The topological polar surface area (TPSA) is 108 Å². The first-order chi connectivity index (χ1) is 20.9. The van der Waals surface area contributed by atoms with Crippen LogP contribution in [0.1, 0.15) is 138 Å². The van der Waals surface area contributed by atoms with Gasteiger partial charge in [0.25, 0.3) is 0 Å². The van der Waals surface area contributed by atoms with Gasteiger partial charge >= 0.3 is 23.9 Å². The minimum absolute atomic E-state index is 0.0396. The largest absolute Gasteiger partial charge is 0.406 e. The average Bonchev–Trinajstić information content (AvgIpc) is 2.99. The van der Waals surface area contributed by atoms with Gasteiger partial charge in [0.05, 0.1) is 26.4 Å². The van der Waals surface area contributed by atoms with Crippen molar-refractivity contribution in [1.29, 1.82) is 0 Å². The van der Waals surface area contributed by atoms with Crippen LogP contribution in [0, 0.1) is 0 Å². The Bertz CT molecular complexity index is 584. The second-order valence-electron chi connectivity index (χ2n) is 10.7. The summed E-state index contributed by atoms with van der Waals surface area (Å²) < 4.78 is 46.3. The highest BCUT2D eigenvalue weighted by molar-refractivity contribution is 5.70. The second kappa shape index (κ2) is 28.2. The number of carbonyl (C=O) groups is 2. The van der Waals surface area contributed by atoms with Crippen molar-refractivity contribution >= 4 is 11.9 Å². The molecule has 0 rings (SSSR count). The van der Waals surface area contributed by atoms with Crippen molar-refractivity contribution in [1.82, 2.24) is 0 Å². The molecular weight excluding hydrogens is 556 g/mol. The van der Waals surface area contributed by atoms with Gasteiger partial charge in [-0.25, -0.2) is 0 Å². The minimum Gasteiger partial charge on any atom is -0.406 e. The van der Waals surface area contributed by atoms with Crippen molar-refractivity contribution < 1.29 is 47.5 Å². The zero-order valence-electron chi connectivity index (χ0n) is 28.3. The Morgan fingerprint density at radius 1 is 0.442 bits per heavy atom. The number of esters is 2. The Hall–Kier alpha value is -1.30. The van der Waals surface area contributed by atoms with Crippen molar-refractivity contribution in [3.63, 3.8) is 0 Å². The summed E-state index contributed by atoms with van der Waals surface area (Å²) in [6.45, 7) is 14.8. The Balaban J connectivity index is 4.70. The molecule has 0 aromatic rings. The molecule has 0 bridgehead atoms. The first-order valence-corrected chi connectivity index (χ1v) is 17.0. The molecule has 10 heteroatoms. The van der Waals surface area contributed by atoms with E-state index in [9.17, 15) is 9.59 Å². The first kappa shape index (κ1) is 41.7. The van der Waals surface area contributed by atoms with Crippen LogP contribution in [-0.2, 0) is 47.5 Å². The number of rotatable bonds is 32. The fourth-order valence-corrected chi connectivity index (χ4v) is 3.89. The lowest BCUT2D eigenvalue weighted by Crippen LogP contribution is -2.46. The summed E-state index contributed by atoms with van der Waals surface area (Å²) in [6.07, 6.45) is 11.6. The molecule has 43 heavy (non-hydrogen) atoms. The lowest BCUT2D eigenvalue weighted by Gasteiger charge is -2.32. The molecule has 0 fully saturated rings. The third-order valence-electron chi connectivity index (χ3n) is 6.55. The van der Waals surface area contributed by atoms with Crippen LogP contribution in [0.4, 0.5) is 0 Å². The quantitative estimate of drug-likeness (QED) is 0.0427. The summed E-state index contributed by atoms with van der Waals surface area (Å²) in [5, 5.41) is 0. The van der Waals surface area contributed by atoms with E-state index in [1.54, 1.807) is 0 Å². The van der Waals surface area contributed by atoms with Crippen molar-refractivity contribution in [3.05, 3.63) is 0 Å². The fourth-order valence-electron chi connectivity index (χ4n) is 3.89. The van der Waals surface area contributed by atoms with Gasteiger partial charge in [0.1, 0.15) is 13.2 Å². The van der Waals surface area contributed by atoms with E-state index >= 15 is 0 Å². The number of ether oxygens (including phenoxy) is 8. The first-order valence-electron chi connectivity index (χ1n) is 17.0. The van der Waals surface area contributed by atoms with Crippen LogP contribution in [0.3, 0.4) is 0 Å². The number of unbranched alkanes of at least 4 members (excludes halogenated alkanes) is 8. The van der Waals surface area contributed by atoms with Crippen LogP contribution in [0.25, 0.3) is 0 Å². The van der Waals surface area contributed by atoms with E-state index in [1.807, 2.05) is 13.8 Å². The summed E-state index contributed by atoms with van der Waals surface area (Å²) in [4.78, 5) is 25.5. The summed E-state index contributed by atoms with van der Waals surface area (Å²) >= 11 is 0. The molecule has 0 aliphatic heterocycles.